The van der Waals surface area contributed by atoms with Gasteiger partial charge in [-0.2, -0.15) is 31.4 Å². The summed E-state index contributed by atoms with van der Waals surface area (Å²) >= 11 is 11.1. The first-order chi connectivity index (χ1) is 22.2. The number of halogens is 8. The average molecular weight is 719 g/mol. The number of aryl methyl sites for hydroxylation is 3. The van der Waals surface area contributed by atoms with Crippen LogP contribution in [0.4, 0.5) is 49.2 Å². The molecular formula is C28H22Cl2F6N8O4. The molecule has 0 unspecified atom stereocenters. The Labute approximate surface area is 276 Å². The first kappa shape index (κ1) is 37.4. The lowest BCUT2D eigenvalue weighted by Gasteiger charge is -2.14. The lowest BCUT2D eigenvalue weighted by Crippen LogP contribution is -2.14. The number of nitrogens with zero attached hydrogens (tertiary/aromatic N) is 6. The smallest absolute Gasteiger partial charge is 0.328 e. The van der Waals surface area contributed by atoms with E-state index in [1.54, 1.807) is 0 Å². The third-order valence-corrected chi connectivity index (χ3v) is 6.83. The van der Waals surface area contributed by atoms with Crippen molar-refractivity contribution >= 4 is 51.8 Å². The summed E-state index contributed by atoms with van der Waals surface area (Å²) in [6.07, 6.45) is -9.85. The monoisotopic (exact) mass is 718 g/mol. The van der Waals surface area contributed by atoms with E-state index >= 15 is 0 Å². The quantitative estimate of drug-likeness (QED) is 0.0871. The summed E-state index contributed by atoms with van der Waals surface area (Å²) in [6, 6.07) is 10.4. The molecule has 0 aliphatic rings. The van der Waals surface area contributed by atoms with Crippen LogP contribution in [0.2, 0.25) is 10.0 Å². The molecule has 0 saturated carbocycles. The predicted molar refractivity (Wildman–Crippen MR) is 164 cm³/mol. The van der Waals surface area contributed by atoms with Crippen molar-refractivity contribution in [2.24, 2.45) is 10.2 Å². The number of hydrogen-bond donors (Lipinski definition) is 2. The van der Waals surface area contributed by atoms with Crippen LogP contribution in [-0.4, -0.2) is 30.5 Å². The van der Waals surface area contributed by atoms with E-state index in [0.717, 1.165) is 22.7 Å². The van der Waals surface area contributed by atoms with Crippen molar-refractivity contribution in [1.82, 2.24) is 15.0 Å². The van der Waals surface area contributed by atoms with Crippen LogP contribution in [0.25, 0.3) is 0 Å². The van der Waals surface area contributed by atoms with Gasteiger partial charge in [0.05, 0.1) is 31.7 Å². The first-order valence-corrected chi connectivity index (χ1v) is 13.9. The van der Waals surface area contributed by atoms with Gasteiger partial charge in [0.2, 0.25) is 5.62 Å². The fourth-order valence-electron chi connectivity index (χ4n) is 4.03. The number of benzene rings is 2. The molecule has 20 heteroatoms. The maximum atomic E-state index is 13.0. The van der Waals surface area contributed by atoms with Gasteiger partial charge < -0.3 is 10.3 Å². The second kappa shape index (κ2) is 14.8. The number of rotatable bonds is 6. The SMILES string of the molecule is C/C(=N/N=c1\nc(C)cc(C)[nH]1)c1ccccc1C.O=[N+]([O-])c1cc(C(F)(F)F)c(Cl)c([N+](=O)[O-])c1Nc1ncc(C(F)(F)F)cc1Cl. The van der Waals surface area contributed by atoms with Crippen LogP contribution in [-0.2, 0) is 12.4 Å². The molecule has 2 aromatic carbocycles. The van der Waals surface area contributed by atoms with E-state index in [2.05, 4.69) is 38.1 Å². The number of hydrogen-bond acceptors (Lipinski definition) is 9. The molecule has 48 heavy (non-hydrogen) atoms. The molecule has 0 aliphatic heterocycles. The fourth-order valence-corrected chi connectivity index (χ4v) is 4.57. The van der Waals surface area contributed by atoms with E-state index in [0.29, 0.717) is 11.7 Å². The van der Waals surface area contributed by atoms with Gasteiger partial charge >= 0.3 is 23.7 Å². The molecule has 2 N–H and O–H groups in total. The topological polar surface area (TPSA) is 165 Å². The Balaban J connectivity index is 0.000000284. The highest BCUT2D eigenvalue weighted by molar-refractivity contribution is 6.35. The molecule has 2 aromatic heterocycles. The summed E-state index contributed by atoms with van der Waals surface area (Å²) in [5.74, 6) is -0.721. The number of nitro groups is 2. The van der Waals surface area contributed by atoms with Crippen LogP contribution in [0.3, 0.4) is 0 Å². The second-order valence-electron chi connectivity index (χ2n) is 9.80. The summed E-state index contributed by atoms with van der Waals surface area (Å²) in [6.45, 7) is 7.94. The van der Waals surface area contributed by atoms with Crippen molar-refractivity contribution in [3.63, 3.8) is 0 Å². The Bertz CT molecular complexity index is 1960. The molecule has 0 bridgehead atoms. The molecule has 4 aromatic rings. The summed E-state index contributed by atoms with van der Waals surface area (Å²) in [7, 11) is 0. The molecule has 0 amide bonds. The molecule has 2 heterocycles. The van der Waals surface area contributed by atoms with Crippen molar-refractivity contribution in [1.29, 1.82) is 0 Å². The van der Waals surface area contributed by atoms with Gasteiger partial charge in [0.25, 0.3) is 0 Å². The van der Waals surface area contributed by atoms with Gasteiger partial charge in [-0.3, -0.25) is 20.2 Å². The van der Waals surface area contributed by atoms with E-state index in [1.165, 1.54) is 5.56 Å². The van der Waals surface area contributed by atoms with Gasteiger partial charge in [-0.05, 0) is 45.4 Å². The molecule has 0 saturated heterocycles. The van der Waals surface area contributed by atoms with Gasteiger partial charge in [-0.25, -0.2) is 9.97 Å². The third-order valence-electron chi connectivity index (χ3n) is 6.16. The number of aromatic amines is 1. The van der Waals surface area contributed by atoms with Gasteiger partial charge in [-0.15, -0.1) is 5.10 Å². The normalized spacial score (nSPS) is 12.3. The highest BCUT2D eigenvalue weighted by Gasteiger charge is 2.42. The van der Waals surface area contributed by atoms with Crippen LogP contribution < -0.4 is 10.9 Å². The number of nitrogens with one attached hydrogen (secondary N) is 2. The Morgan fingerprint density at radius 3 is 2.12 bits per heavy atom. The van der Waals surface area contributed by atoms with Crippen LogP contribution in [0, 0.1) is 41.0 Å². The molecule has 0 radical (unpaired) electrons. The molecule has 0 aliphatic carbocycles. The summed E-state index contributed by atoms with van der Waals surface area (Å²) < 4.78 is 77.0. The Morgan fingerprint density at radius 2 is 1.60 bits per heavy atom. The molecule has 254 valence electrons. The van der Waals surface area contributed by atoms with E-state index in [9.17, 15) is 46.6 Å². The van der Waals surface area contributed by atoms with E-state index < -0.39 is 66.3 Å². The first-order valence-electron chi connectivity index (χ1n) is 13.1. The van der Waals surface area contributed by atoms with Crippen LogP contribution >= 0.6 is 23.2 Å². The standard InChI is InChI=1S/C15H18N4.C13H4Cl2F6N4O4/c1-10-7-5-6-8-14(10)13(4)18-19-15-16-11(2)9-12(3)17-15;14-6-1-4(12(16,17)18)3-22-11(6)23-9-7(24(26)27)2-5(13(19,20)21)8(15)10(9)25(28)29/h5-9H,1-4H3,(H,16,17,19);1-3H,(H,22,23)/b18-13-;. The van der Waals surface area contributed by atoms with Crippen molar-refractivity contribution in [2.75, 3.05) is 5.32 Å². The second-order valence-corrected chi connectivity index (χ2v) is 10.6. The summed E-state index contributed by atoms with van der Waals surface area (Å²) in [5, 5.41) is 30.5. The molecular weight excluding hydrogens is 697 g/mol. The van der Waals surface area contributed by atoms with E-state index in [1.807, 2.05) is 50.4 Å². The van der Waals surface area contributed by atoms with Crippen molar-refractivity contribution in [3.05, 3.63) is 118 Å². The van der Waals surface area contributed by atoms with Gasteiger partial charge in [-0.1, -0.05) is 47.5 Å². The summed E-state index contributed by atoms with van der Waals surface area (Å²) in [4.78, 5) is 30.3. The Hall–Kier alpha value is -5.10. The number of aromatic nitrogens is 3. The lowest BCUT2D eigenvalue weighted by atomic mass is 10.1. The molecule has 0 fully saturated rings. The minimum absolute atomic E-state index is 0.0599. The van der Waals surface area contributed by atoms with E-state index in [4.69, 9.17) is 23.2 Å². The Kier molecular flexibility index (Phi) is 11.5. The number of anilines is 2. The van der Waals surface area contributed by atoms with Crippen LogP contribution in [0.5, 0.6) is 0 Å². The van der Waals surface area contributed by atoms with Gasteiger partial charge in [0, 0.05) is 29.2 Å². The zero-order valence-corrected chi connectivity index (χ0v) is 26.5. The van der Waals surface area contributed by atoms with Crippen molar-refractivity contribution in [2.45, 2.75) is 40.0 Å². The number of H-pyrrole nitrogens is 1. The van der Waals surface area contributed by atoms with Gasteiger partial charge in [0.1, 0.15) is 10.8 Å². The molecule has 0 spiro atoms. The molecule has 0 atom stereocenters. The predicted octanol–water partition coefficient (Wildman–Crippen LogP) is 8.65. The summed E-state index contributed by atoms with van der Waals surface area (Å²) in [5.41, 5.74) is -1.60. The third kappa shape index (κ3) is 9.25. The largest absolute Gasteiger partial charge is 0.418 e. The van der Waals surface area contributed by atoms with Crippen molar-refractivity contribution < 1.29 is 36.2 Å². The zero-order valence-electron chi connectivity index (χ0n) is 25.0. The maximum absolute atomic E-state index is 13.0. The number of alkyl halides is 6. The average Bonchev–Trinajstić information content (AvgIpc) is 2.95. The highest BCUT2D eigenvalue weighted by Crippen LogP contribution is 2.48. The minimum Gasteiger partial charge on any atom is -0.328 e. The van der Waals surface area contributed by atoms with Crippen molar-refractivity contribution in [3.8, 4) is 0 Å². The number of nitro benzene ring substituents is 2. The zero-order chi connectivity index (χ0) is 36.1. The highest BCUT2D eigenvalue weighted by atomic mass is 35.5. The van der Waals surface area contributed by atoms with Crippen LogP contribution in [0.15, 0.2) is 58.9 Å². The molecule has 12 nitrogen and oxygen atoms in total. The fraction of sp³-hybridized carbons (Fsp3) is 0.214. The van der Waals surface area contributed by atoms with E-state index in [-0.39, 0.29) is 12.3 Å². The number of pyridine rings is 1. The maximum Gasteiger partial charge on any atom is 0.418 e. The Morgan fingerprint density at radius 1 is 0.958 bits per heavy atom. The molecule has 4 rings (SSSR count). The minimum atomic E-state index is -5.27. The van der Waals surface area contributed by atoms with Gasteiger partial charge in [0.15, 0.2) is 5.69 Å². The lowest BCUT2D eigenvalue weighted by molar-refractivity contribution is -0.392. The van der Waals surface area contributed by atoms with Crippen LogP contribution in [0.1, 0.15) is 40.6 Å².